The molecule has 0 spiro atoms. The number of ether oxygens (including phenoxy) is 2. The summed E-state index contributed by atoms with van der Waals surface area (Å²) >= 11 is 0. The Balaban J connectivity index is 0.000000141. The van der Waals surface area contributed by atoms with Crippen LogP contribution in [0.25, 0.3) is 0 Å². The Morgan fingerprint density at radius 3 is 2.53 bits per heavy atom. The van der Waals surface area contributed by atoms with Crippen LogP contribution >= 0.6 is 0 Å². The maximum Gasteiger partial charge on any atom is 0.104 e. The summed E-state index contributed by atoms with van der Waals surface area (Å²) in [4.78, 5) is 0. The molecular weight excluding hydrogens is 236 g/mol. The molecule has 2 saturated carbocycles. The van der Waals surface area contributed by atoms with E-state index in [0.717, 1.165) is 25.7 Å². The van der Waals surface area contributed by atoms with Crippen molar-refractivity contribution in [3.8, 4) is 0 Å². The summed E-state index contributed by atoms with van der Waals surface area (Å²) in [6.07, 6.45) is 12.0. The highest BCUT2D eigenvalue weighted by Crippen LogP contribution is 2.52. The molecule has 4 unspecified atom stereocenters. The smallest absolute Gasteiger partial charge is 0.104 e. The van der Waals surface area contributed by atoms with Gasteiger partial charge < -0.3 is 9.47 Å². The van der Waals surface area contributed by atoms with Crippen molar-refractivity contribution in [3.63, 3.8) is 0 Å². The van der Waals surface area contributed by atoms with Crippen LogP contribution in [0.15, 0.2) is 0 Å². The van der Waals surface area contributed by atoms with Gasteiger partial charge in [0, 0.05) is 6.61 Å². The van der Waals surface area contributed by atoms with E-state index in [1.54, 1.807) is 25.7 Å². The molecule has 112 valence electrons. The molecule has 3 aliphatic rings. The summed E-state index contributed by atoms with van der Waals surface area (Å²) in [5.74, 6) is 3.49. The van der Waals surface area contributed by atoms with Crippen LogP contribution in [0.1, 0.15) is 65.2 Å². The van der Waals surface area contributed by atoms with Crippen LogP contribution in [0, 0.1) is 17.8 Å². The molecule has 0 bridgehead atoms. The van der Waals surface area contributed by atoms with Gasteiger partial charge in [0.2, 0.25) is 0 Å². The Kier molecular flexibility index (Phi) is 6.66. The van der Waals surface area contributed by atoms with E-state index in [1.807, 2.05) is 0 Å². The second kappa shape index (κ2) is 8.26. The van der Waals surface area contributed by atoms with Crippen molar-refractivity contribution in [2.45, 2.75) is 71.3 Å². The number of fused-ring (bicyclic) bond motifs is 1. The normalized spacial score (nSPS) is 35.1. The first kappa shape index (κ1) is 15.3. The number of hydrogen-bond acceptors (Lipinski definition) is 2. The lowest BCUT2D eigenvalue weighted by Gasteiger charge is -2.19. The minimum atomic E-state index is 0.432. The molecule has 1 heterocycles. The van der Waals surface area contributed by atoms with Crippen molar-refractivity contribution in [1.29, 1.82) is 0 Å². The first-order valence-corrected chi connectivity index (χ1v) is 8.52. The first-order chi connectivity index (χ1) is 9.33. The Labute approximate surface area is 119 Å². The van der Waals surface area contributed by atoms with Crippen molar-refractivity contribution in [3.05, 3.63) is 0 Å². The minimum Gasteiger partial charge on any atom is -0.379 e. The molecule has 0 amide bonds. The average molecular weight is 268 g/mol. The number of hydrogen-bond donors (Lipinski definition) is 0. The monoisotopic (exact) mass is 268 g/mol. The molecule has 0 N–H and O–H groups in total. The molecule has 0 radical (unpaired) electrons. The zero-order valence-corrected chi connectivity index (χ0v) is 12.9. The second-order valence-corrected chi connectivity index (χ2v) is 6.61. The van der Waals surface area contributed by atoms with E-state index in [-0.39, 0.29) is 0 Å². The molecule has 2 heteroatoms. The zero-order chi connectivity index (χ0) is 13.5. The highest BCUT2D eigenvalue weighted by atomic mass is 16.6. The predicted octanol–water partition coefficient (Wildman–Crippen LogP) is 4.42. The summed E-state index contributed by atoms with van der Waals surface area (Å²) in [5, 5.41) is 0. The van der Waals surface area contributed by atoms with E-state index in [2.05, 4.69) is 13.8 Å². The number of rotatable bonds is 7. The standard InChI is InChI=1S/C10H18.C7H14O2/c1-2-3-8-4-5-9-7-10(9)6-8;1-2-3-4-8-5-7-6-9-7/h8-10H,2-7H2,1H3;7H,2-6H2,1H3. The lowest BCUT2D eigenvalue weighted by molar-refractivity contribution is 0.114. The number of epoxide rings is 1. The van der Waals surface area contributed by atoms with Gasteiger partial charge in [-0.25, -0.2) is 0 Å². The fraction of sp³-hybridized carbons (Fsp3) is 1.00. The van der Waals surface area contributed by atoms with E-state index in [9.17, 15) is 0 Å². The van der Waals surface area contributed by atoms with Crippen LogP contribution < -0.4 is 0 Å². The summed E-state index contributed by atoms with van der Waals surface area (Å²) in [7, 11) is 0. The Bertz CT molecular complexity index is 237. The van der Waals surface area contributed by atoms with Gasteiger partial charge in [0.1, 0.15) is 6.10 Å². The van der Waals surface area contributed by atoms with Crippen molar-refractivity contribution in [1.82, 2.24) is 0 Å². The molecule has 2 nitrogen and oxygen atoms in total. The van der Waals surface area contributed by atoms with Crippen LogP contribution in [-0.4, -0.2) is 25.9 Å². The van der Waals surface area contributed by atoms with Crippen LogP contribution in [0.2, 0.25) is 0 Å². The predicted molar refractivity (Wildman–Crippen MR) is 79.3 cm³/mol. The van der Waals surface area contributed by atoms with Gasteiger partial charge in [0.05, 0.1) is 13.2 Å². The molecule has 0 aromatic carbocycles. The van der Waals surface area contributed by atoms with Gasteiger partial charge in [-0.05, 0) is 43.4 Å². The molecule has 2 aliphatic carbocycles. The van der Waals surface area contributed by atoms with E-state index >= 15 is 0 Å². The molecular formula is C17H32O2. The third-order valence-corrected chi connectivity index (χ3v) is 4.70. The fourth-order valence-corrected chi connectivity index (χ4v) is 3.24. The molecule has 1 saturated heterocycles. The Hall–Kier alpha value is -0.0800. The van der Waals surface area contributed by atoms with Crippen molar-refractivity contribution in [2.75, 3.05) is 19.8 Å². The van der Waals surface area contributed by atoms with Crippen LogP contribution in [0.3, 0.4) is 0 Å². The average Bonchev–Trinajstić information content (AvgIpc) is 3.29. The quantitative estimate of drug-likeness (QED) is 0.503. The fourth-order valence-electron chi connectivity index (χ4n) is 3.24. The molecule has 3 rings (SSSR count). The van der Waals surface area contributed by atoms with Gasteiger partial charge in [-0.3, -0.25) is 0 Å². The summed E-state index contributed by atoms with van der Waals surface area (Å²) in [6.45, 7) is 7.10. The number of unbranched alkanes of at least 4 members (excludes halogenated alkanes) is 1. The van der Waals surface area contributed by atoms with Gasteiger partial charge >= 0.3 is 0 Å². The Morgan fingerprint density at radius 2 is 1.89 bits per heavy atom. The maximum atomic E-state index is 5.27. The van der Waals surface area contributed by atoms with Crippen molar-refractivity contribution in [2.24, 2.45) is 17.8 Å². The third kappa shape index (κ3) is 6.27. The molecule has 1 aliphatic heterocycles. The van der Waals surface area contributed by atoms with Gasteiger partial charge in [-0.15, -0.1) is 0 Å². The van der Waals surface area contributed by atoms with Crippen LogP contribution in [0.5, 0.6) is 0 Å². The molecule has 3 fully saturated rings. The largest absolute Gasteiger partial charge is 0.379 e. The Morgan fingerprint density at radius 1 is 1.05 bits per heavy atom. The van der Waals surface area contributed by atoms with Crippen LogP contribution in [0.4, 0.5) is 0 Å². The summed E-state index contributed by atoms with van der Waals surface area (Å²) in [6, 6.07) is 0. The zero-order valence-electron chi connectivity index (χ0n) is 12.9. The lowest BCUT2D eigenvalue weighted by Crippen LogP contribution is -2.07. The van der Waals surface area contributed by atoms with E-state index in [0.29, 0.717) is 6.10 Å². The SMILES string of the molecule is CCCC1CCC2CC2C1.CCCCOCC1CO1. The van der Waals surface area contributed by atoms with E-state index < -0.39 is 0 Å². The summed E-state index contributed by atoms with van der Waals surface area (Å²) in [5.41, 5.74) is 0. The first-order valence-electron chi connectivity index (χ1n) is 8.52. The van der Waals surface area contributed by atoms with Gasteiger partial charge in [0.15, 0.2) is 0 Å². The molecule has 4 atom stereocenters. The van der Waals surface area contributed by atoms with Crippen molar-refractivity contribution >= 4 is 0 Å². The topological polar surface area (TPSA) is 21.8 Å². The lowest BCUT2D eigenvalue weighted by atomic mass is 9.86. The molecule has 19 heavy (non-hydrogen) atoms. The van der Waals surface area contributed by atoms with Crippen molar-refractivity contribution < 1.29 is 9.47 Å². The van der Waals surface area contributed by atoms with Gasteiger partial charge in [0.25, 0.3) is 0 Å². The molecule has 0 aromatic heterocycles. The van der Waals surface area contributed by atoms with Gasteiger partial charge in [-0.2, -0.15) is 0 Å². The molecule has 0 aromatic rings. The van der Waals surface area contributed by atoms with E-state index in [1.165, 1.54) is 37.5 Å². The highest BCUT2D eigenvalue weighted by Gasteiger charge is 2.41. The third-order valence-electron chi connectivity index (χ3n) is 4.70. The maximum absolute atomic E-state index is 5.27. The van der Waals surface area contributed by atoms with Crippen LogP contribution in [-0.2, 0) is 9.47 Å². The highest BCUT2D eigenvalue weighted by molar-refractivity contribution is 4.92. The minimum absolute atomic E-state index is 0.432. The second-order valence-electron chi connectivity index (χ2n) is 6.61. The van der Waals surface area contributed by atoms with Gasteiger partial charge in [-0.1, -0.05) is 39.5 Å². The van der Waals surface area contributed by atoms with E-state index in [4.69, 9.17) is 9.47 Å². The summed E-state index contributed by atoms with van der Waals surface area (Å²) < 4.78 is 10.2.